The zero-order valence-corrected chi connectivity index (χ0v) is 8.92. The highest BCUT2D eigenvalue weighted by Crippen LogP contribution is 2.30. The first-order valence-electron chi connectivity index (χ1n) is 4.77. The van der Waals surface area contributed by atoms with Gasteiger partial charge in [0.05, 0.1) is 5.04 Å². The van der Waals surface area contributed by atoms with E-state index in [9.17, 15) is 13.2 Å². The molecule has 14 heavy (non-hydrogen) atoms. The van der Waals surface area contributed by atoms with Crippen molar-refractivity contribution in [1.29, 1.82) is 0 Å². The summed E-state index contributed by atoms with van der Waals surface area (Å²) in [6.45, 7) is 1.44. The van der Waals surface area contributed by atoms with Crippen LogP contribution in [-0.4, -0.2) is 16.6 Å². The lowest BCUT2D eigenvalue weighted by Crippen LogP contribution is -2.12. The van der Waals surface area contributed by atoms with Gasteiger partial charge in [-0.2, -0.15) is 4.99 Å². The first-order valence-corrected chi connectivity index (χ1v) is 5.65. The summed E-state index contributed by atoms with van der Waals surface area (Å²) in [4.78, 5) is 2.68. The van der Waals surface area contributed by atoms with Gasteiger partial charge in [0.1, 0.15) is 0 Å². The highest BCUT2D eigenvalue weighted by molar-refractivity contribution is 8.14. The van der Waals surface area contributed by atoms with Crippen LogP contribution in [0.15, 0.2) is 4.99 Å². The molecular formula is C9H14F3NS. The lowest BCUT2D eigenvalue weighted by molar-refractivity contribution is -0.119. The van der Waals surface area contributed by atoms with Crippen molar-refractivity contribution in [2.75, 3.05) is 0 Å². The molecule has 0 saturated heterocycles. The van der Waals surface area contributed by atoms with Gasteiger partial charge < -0.3 is 0 Å². The van der Waals surface area contributed by atoms with Gasteiger partial charge in [-0.3, -0.25) is 0 Å². The van der Waals surface area contributed by atoms with E-state index in [0.717, 1.165) is 25.7 Å². The van der Waals surface area contributed by atoms with Gasteiger partial charge >= 0.3 is 6.30 Å². The SMILES string of the molecule is C/C(=N\C(F)(F)F)SC1CCCCC1. The van der Waals surface area contributed by atoms with Crippen LogP contribution in [0.4, 0.5) is 13.2 Å². The number of alkyl halides is 3. The van der Waals surface area contributed by atoms with E-state index >= 15 is 0 Å². The van der Waals surface area contributed by atoms with Gasteiger partial charge in [0.2, 0.25) is 0 Å². The fourth-order valence-corrected chi connectivity index (χ4v) is 2.84. The summed E-state index contributed by atoms with van der Waals surface area (Å²) in [6.07, 6.45) is 1.12. The standard InChI is InChI=1S/C9H14F3NS/c1-7(13-9(10,11)12)14-8-5-3-2-4-6-8/h8H,2-6H2,1H3/b13-7+. The predicted molar refractivity (Wildman–Crippen MR) is 53.6 cm³/mol. The van der Waals surface area contributed by atoms with Gasteiger partial charge in [-0.1, -0.05) is 19.3 Å². The Labute approximate surface area is 86.2 Å². The van der Waals surface area contributed by atoms with Crippen molar-refractivity contribution in [3.05, 3.63) is 0 Å². The number of nitrogens with zero attached hydrogens (tertiary/aromatic N) is 1. The molecule has 0 spiro atoms. The molecule has 0 bridgehead atoms. The minimum atomic E-state index is -4.41. The predicted octanol–water partition coefficient (Wildman–Crippen LogP) is 3.99. The minimum absolute atomic E-state index is 0.143. The van der Waals surface area contributed by atoms with E-state index in [2.05, 4.69) is 4.99 Å². The largest absolute Gasteiger partial charge is 0.503 e. The van der Waals surface area contributed by atoms with E-state index < -0.39 is 6.30 Å². The lowest BCUT2D eigenvalue weighted by Gasteiger charge is -2.20. The molecule has 1 rings (SSSR count). The number of hydrogen-bond acceptors (Lipinski definition) is 2. The van der Waals surface area contributed by atoms with E-state index in [-0.39, 0.29) is 5.04 Å². The molecule has 0 amide bonds. The quantitative estimate of drug-likeness (QED) is 0.373. The average molecular weight is 225 g/mol. The van der Waals surface area contributed by atoms with Crippen LogP contribution in [0.25, 0.3) is 0 Å². The Balaban J connectivity index is 2.39. The summed E-state index contributed by atoms with van der Waals surface area (Å²) in [6, 6.07) is 0. The van der Waals surface area contributed by atoms with E-state index in [0.29, 0.717) is 5.25 Å². The van der Waals surface area contributed by atoms with Gasteiger partial charge in [0.25, 0.3) is 0 Å². The Hall–Kier alpha value is -0.190. The third-order valence-electron chi connectivity index (χ3n) is 2.17. The van der Waals surface area contributed by atoms with Crippen molar-refractivity contribution in [3.8, 4) is 0 Å². The molecule has 0 aromatic carbocycles. The number of halogens is 3. The molecular weight excluding hydrogens is 211 g/mol. The smallest absolute Gasteiger partial charge is 0.182 e. The maximum absolute atomic E-state index is 11.9. The second-order valence-corrected chi connectivity index (χ2v) is 4.97. The first kappa shape index (κ1) is 11.9. The van der Waals surface area contributed by atoms with Crippen LogP contribution >= 0.6 is 11.8 Å². The van der Waals surface area contributed by atoms with E-state index in [1.807, 2.05) is 0 Å². The molecule has 0 heterocycles. The van der Waals surface area contributed by atoms with Crippen LogP contribution in [0.2, 0.25) is 0 Å². The molecule has 0 atom stereocenters. The molecule has 1 nitrogen and oxygen atoms in total. The maximum atomic E-state index is 11.9. The molecule has 0 radical (unpaired) electrons. The van der Waals surface area contributed by atoms with E-state index in [1.165, 1.54) is 25.1 Å². The summed E-state index contributed by atoms with van der Waals surface area (Å²) in [5.74, 6) is 0. The van der Waals surface area contributed by atoms with Gasteiger partial charge in [-0.15, -0.1) is 24.9 Å². The molecule has 0 aliphatic heterocycles. The fraction of sp³-hybridized carbons (Fsp3) is 0.889. The lowest BCUT2D eigenvalue weighted by atomic mass is 10.0. The minimum Gasteiger partial charge on any atom is -0.182 e. The summed E-state index contributed by atoms with van der Waals surface area (Å²) in [7, 11) is 0. The number of aliphatic imine (C=N–C) groups is 1. The van der Waals surface area contributed by atoms with Crippen molar-refractivity contribution in [1.82, 2.24) is 0 Å². The van der Waals surface area contributed by atoms with Gasteiger partial charge in [-0.05, 0) is 19.8 Å². The molecule has 0 aromatic rings. The number of hydrogen-bond donors (Lipinski definition) is 0. The van der Waals surface area contributed by atoms with E-state index in [4.69, 9.17) is 0 Å². The van der Waals surface area contributed by atoms with Crippen LogP contribution < -0.4 is 0 Å². The van der Waals surface area contributed by atoms with Crippen molar-refractivity contribution < 1.29 is 13.2 Å². The number of thioether (sulfide) groups is 1. The second-order valence-electron chi connectivity index (χ2n) is 3.48. The van der Waals surface area contributed by atoms with Crippen LogP contribution in [0.5, 0.6) is 0 Å². The zero-order chi connectivity index (χ0) is 10.6. The van der Waals surface area contributed by atoms with Crippen molar-refractivity contribution in [2.45, 2.75) is 50.6 Å². The summed E-state index contributed by atoms with van der Waals surface area (Å²) in [5, 5.41) is 0.485. The highest BCUT2D eigenvalue weighted by Gasteiger charge is 2.27. The van der Waals surface area contributed by atoms with Gasteiger partial charge in [0.15, 0.2) is 0 Å². The van der Waals surface area contributed by atoms with Crippen molar-refractivity contribution in [2.24, 2.45) is 4.99 Å². The number of rotatable bonds is 1. The first-order chi connectivity index (χ1) is 6.47. The van der Waals surface area contributed by atoms with Crippen LogP contribution in [0.1, 0.15) is 39.0 Å². The molecule has 0 unspecified atom stereocenters. The second kappa shape index (κ2) is 5.05. The molecule has 1 saturated carbocycles. The van der Waals surface area contributed by atoms with Crippen LogP contribution in [0, 0.1) is 0 Å². The molecule has 1 aliphatic rings. The van der Waals surface area contributed by atoms with Crippen LogP contribution in [-0.2, 0) is 0 Å². The van der Waals surface area contributed by atoms with Gasteiger partial charge in [-0.25, -0.2) is 0 Å². The summed E-state index contributed by atoms with van der Waals surface area (Å²) < 4.78 is 35.6. The monoisotopic (exact) mass is 225 g/mol. The fourth-order valence-electron chi connectivity index (χ4n) is 1.63. The zero-order valence-electron chi connectivity index (χ0n) is 8.10. The summed E-state index contributed by atoms with van der Waals surface area (Å²) >= 11 is 1.28. The molecule has 1 fully saturated rings. The highest BCUT2D eigenvalue weighted by atomic mass is 32.2. The third kappa shape index (κ3) is 4.88. The summed E-state index contributed by atoms with van der Waals surface area (Å²) in [5.41, 5.74) is 0. The van der Waals surface area contributed by atoms with Crippen molar-refractivity contribution in [3.63, 3.8) is 0 Å². The van der Waals surface area contributed by atoms with Crippen molar-refractivity contribution >= 4 is 16.8 Å². The molecule has 82 valence electrons. The Morgan fingerprint density at radius 3 is 2.29 bits per heavy atom. The third-order valence-corrected chi connectivity index (χ3v) is 3.41. The Morgan fingerprint density at radius 2 is 1.79 bits per heavy atom. The Bertz CT molecular complexity index is 207. The maximum Gasteiger partial charge on any atom is 0.503 e. The average Bonchev–Trinajstić information content (AvgIpc) is 2.02. The molecule has 0 N–H and O–H groups in total. The van der Waals surface area contributed by atoms with Gasteiger partial charge in [0, 0.05) is 5.25 Å². The Morgan fingerprint density at radius 1 is 1.21 bits per heavy atom. The Kier molecular flexibility index (Phi) is 4.29. The molecule has 0 aromatic heterocycles. The topological polar surface area (TPSA) is 12.4 Å². The van der Waals surface area contributed by atoms with Crippen LogP contribution in [0.3, 0.4) is 0 Å². The normalized spacial score (nSPS) is 21.3. The molecule has 5 heteroatoms. The van der Waals surface area contributed by atoms with E-state index in [1.54, 1.807) is 0 Å². The molecule has 1 aliphatic carbocycles.